The van der Waals surface area contributed by atoms with Crippen molar-refractivity contribution in [3.8, 4) is 0 Å². The average molecular weight is 205 g/mol. The first-order valence-corrected chi connectivity index (χ1v) is 4.80. The lowest BCUT2D eigenvalue weighted by atomic mass is 10.4. The number of imide groups is 1. The molecule has 1 rings (SSSR count). The van der Waals surface area contributed by atoms with Crippen LogP contribution in [0.2, 0.25) is 0 Å². The number of hydrogen-bond acceptors (Lipinski definition) is 2. The number of halogens is 1. The van der Waals surface area contributed by atoms with Crippen LogP contribution in [-0.2, 0) is 0 Å². The zero-order valence-electron chi connectivity index (χ0n) is 7.62. The summed E-state index contributed by atoms with van der Waals surface area (Å²) in [6.45, 7) is 3.53. The Morgan fingerprint density at radius 3 is 2.31 bits per heavy atom. The summed E-state index contributed by atoms with van der Waals surface area (Å²) in [4.78, 5) is 25.1. The van der Waals surface area contributed by atoms with E-state index in [0.717, 1.165) is 30.8 Å². The number of rotatable bonds is 1. The fraction of sp³-hybridized carbons (Fsp3) is 0.750. The van der Waals surface area contributed by atoms with Gasteiger partial charge in [0.25, 0.3) is 0 Å². The second-order valence-corrected chi connectivity index (χ2v) is 3.30. The Morgan fingerprint density at radius 2 is 1.92 bits per heavy atom. The van der Waals surface area contributed by atoms with E-state index in [1.54, 1.807) is 11.8 Å². The van der Waals surface area contributed by atoms with Crippen LogP contribution in [0.5, 0.6) is 0 Å². The Kier molecular flexibility index (Phi) is 3.54. The molecule has 74 valence electrons. The number of amides is 3. The molecule has 1 heterocycles. The van der Waals surface area contributed by atoms with Crippen LogP contribution in [0.25, 0.3) is 0 Å². The molecule has 13 heavy (non-hydrogen) atoms. The van der Waals surface area contributed by atoms with E-state index in [1.165, 1.54) is 0 Å². The summed E-state index contributed by atoms with van der Waals surface area (Å²) in [5.74, 6) is 0. The zero-order chi connectivity index (χ0) is 9.84. The predicted octanol–water partition coefficient (Wildman–Crippen LogP) is 1.88. The van der Waals surface area contributed by atoms with Crippen molar-refractivity contribution in [1.82, 2.24) is 9.80 Å². The van der Waals surface area contributed by atoms with E-state index in [4.69, 9.17) is 11.6 Å². The molecular weight excluding hydrogens is 192 g/mol. The monoisotopic (exact) mass is 204 g/mol. The predicted molar refractivity (Wildman–Crippen MR) is 49.8 cm³/mol. The van der Waals surface area contributed by atoms with Gasteiger partial charge >= 0.3 is 11.4 Å². The fourth-order valence-corrected chi connectivity index (χ4v) is 1.61. The highest BCUT2D eigenvalue weighted by Crippen LogP contribution is 2.11. The van der Waals surface area contributed by atoms with Crippen LogP contribution in [0.1, 0.15) is 19.8 Å². The third kappa shape index (κ3) is 2.34. The molecule has 0 radical (unpaired) electrons. The van der Waals surface area contributed by atoms with E-state index in [-0.39, 0.29) is 6.03 Å². The quantitative estimate of drug-likeness (QED) is 0.484. The molecule has 5 heteroatoms. The van der Waals surface area contributed by atoms with Gasteiger partial charge in [0.2, 0.25) is 0 Å². The minimum atomic E-state index is -0.695. The van der Waals surface area contributed by atoms with Crippen LogP contribution in [0.4, 0.5) is 9.59 Å². The number of carbonyl (C=O) groups is 2. The Hall–Kier alpha value is -0.770. The molecule has 1 aliphatic rings. The van der Waals surface area contributed by atoms with Crippen molar-refractivity contribution in [3.05, 3.63) is 0 Å². The molecule has 0 saturated carbocycles. The molecular formula is C8H13ClN2O2. The second-order valence-electron chi connectivity index (χ2n) is 2.97. The lowest BCUT2D eigenvalue weighted by molar-refractivity contribution is 0.172. The minimum Gasteiger partial charge on any atom is -0.324 e. The van der Waals surface area contributed by atoms with Crippen LogP contribution < -0.4 is 0 Å². The van der Waals surface area contributed by atoms with Gasteiger partial charge in [-0.05, 0) is 31.4 Å². The summed E-state index contributed by atoms with van der Waals surface area (Å²) in [6, 6.07) is -0.264. The third-order valence-corrected chi connectivity index (χ3v) is 2.34. The van der Waals surface area contributed by atoms with Crippen LogP contribution >= 0.6 is 11.6 Å². The highest BCUT2D eigenvalue weighted by atomic mass is 35.5. The SMILES string of the molecule is CCN(C(=O)Cl)C(=O)N1CCCC1. The summed E-state index contributed by atoms with van der Waals surface area (Å²) in [5.41, 5.74) is 0. The molecule has 1 fully saturated rings. The van der Waals surface area contributed by atoms with Gasteiger partial charge in [0.1, 0.15) is 0 Å². The molecule has 0 spiro atoms. The topological polar surface area (TPSA) is 40.6 Å². The van der Waals surface area contributed by atoms with Gasteiger partial charge in [-0.15, -0.1) is 0 Å². The maximum atomic E-state index is 11.6. The summed E-state index contributed by atoms with van der Waals surface area (Å²) in [6.07, 6.45) is 2.03. The normalized spacial score (nSPS) is 16.0. The van der Waals surface area contributed by atoms with E-state index in [0.29, 0.717) is 6.54 Å². The Morgan fingerprint density at radius 1 is 1.38 bits per heavy atom. The van der Waals surface area contributed by atoms with Crippen molar-refractivity contribution in [2.45, 2.75) is 19.8 Å². The van der Waals surface area contributed by atoms with Crippen molar-refractivity contribution < 1.29 is 9.59 Å². The van der Waals surface area contributed by atoms with Gasteiger partial charge in [-0.2, -0.15) is 0 Å². The van der Waals surface area contributed by atoms with Crippen LogP contribution in [0.15, 0.2) is 0 Å². The third-order valence-electron chi connectivity index (χ3n) is 2.14. The first kappa shape index (κ1) is 10.3. The van der Waals surface area contributed by atoms with Crippen LogP contribution in [0, 0.1) is 0 Å². The summed E-state index contributed by atoms with van der Waals surface area (Å²) in [7, 11) is 0. The molecule has 1 aliphatic heterocycles. The molecule has 1 saturated heterocycles. The Balaban J connectivity index is 2.57. The highest BCUT2D eigenvalue weighted by molar-refractivity contribution is 6.63. The van der Waals surface area contributed by atoms with E-state index in [9.17, 15) is 9.59 Å². The Labute approximate surface area is 82.4 Å². The lowest BCUT2D eigenvalue weighted by Crippen LogP contribution is -2.42. The van der Waals surface area contributed by atoms with Gasteiger partial charge in [-0.25, -0.2) is 4.79 Å². The molecule has 4 nitrogen and oxygen atoms in total. The minimum absolute atomic E-state index is 0.264. The molecule has 3 amide bonds. The maximum absolute atomic E-state index is 11.6. The molecule has 0 aromatic rings. The molecule has 0 bridgehead atoms. The van der Waals surface area contributed by atoms with Gasteiger partial charge in [0, 0.05) is 19.6 Å². The number of nitrogens with zero attached hydrogens (tertiary/aromatic N) is 2. The van der Waals surface area contributed by atoms with E-state index in [1.807, 2.05) is 0 Å². The van der Waals surface area contributed by atoms with Crippen molar-refractivity contribution in [2.24, 2.45) is 0 Å². The van der Waals surface area contributed by atoms with Crippen molar-refractivity contribution in [3.63, 3.8) is 0 Å². The summed E-state index contributed by atoms with van der Waals surface area (Å²) >= 11 is 5.26. The number of carbonyl (C=O) groups excluding carboxylic acids is 2. The highest BCUT2D eigenvalue weighted by Gasteiger charge is 2.25. The fourth-order valence-electron chi connectivity index (χ4n) is 1.41. The van der Waals surface area contributed by atoms with Gasteiger partial charge in [0.05, 0.1) is 0 Å². The molecule has 0 aromatic heterocycles. The van der Waals surface area contributed by atoms with E-state index >= 15 is 0 Å². The van der Waals surface area contributed by atoms with Gasteiger partial charge in [-0.1, -0.05) is 0 Å². The lowest BCUT2D eigenvalue weighted by Gasteiger charge is -2.22. The Bertz CT molecular complexity index is 214. The standard InChI is InChI=1S/C8H13ClN2O2/c1-2-11(7(9)12)8(13)10-5-3-4-6-10/h2-6H2,1H3. The number of hydrogen-bond donors (Lipinski definition) is 0. The van der Waals surface area contributed by atoms with Crippen molar-refractivity contribution in [2.75, 3.05) is 19.6 Å². The summed E-state index contributed by atoms with van der Waals surface area (Å²) in [5, 5.41) is -0.695. The number of urea groups is 1. The van der Waals surface area contributed by atoms with Gasteiger partial charge in [0.15, 0.2) is 0 Å². The second kappa shape index (κ2) is 4.46. The van der Waals surface area contributed by atoms with Gasteiger partial charge in [-0.3, -0.25) is 9.69 Å². The summed E-state index contributed by atoms with van der Waals surface area (Å²) < 4.78 is 0. The first-order valence-electron chi connectivity index (χ1n) is 4.42. The largest absolute Gasteiger partial charge is 0.327 e. The maximum Gasteiger partial charge on any atom is 0.327 e. The average Bonchev–Trinajstić information content (AvgIpc) is 2.56. The van der Waals surface area contributed by atoms with Crippen molar-refractivity contribution in [1.29, 1.82) is 0 Å². The molecule has 0 N–H and O–H groups in total. The van der Waals surface area contributed by atoms with Crippen LogP contribution in [0.3, 0.4) is 0 Å². The number of likely N-dealkylation sites (tertiary alicyclic amines) is 1. The molecule has 0 aromatic carbocycles. The van der Waals surface area contributed by atoms with Crippen molar-refractivity contribution >= 4 is 23.0 Å². The smallest absolute Gasteiger partial charge is 0.324 e. The van der Waals surface area contributed by atoms with E-state index < -0.39 is 5.37 Å². The molecule has 0 aliphatic carbocycles. The van der Waals surface area contributed by atoms with E-state index in [2.05, 4.69) is 0 Å². The zero-order valence-corrected chi connectivity index (χ0v) is 8.38. The molecule has 0 unspecified atom stereocenters. The molecule has 0 atom stereocenters. The first-order chi connectivity index (χ1) is 6.16. The van der Waals surface area contributed by atoms with Gasteiger partial charge < -0.3 is 4.90 Å². The van der Waals surface area contributed by atoms with Crippen LogP contribution in [-0.4, -0.2) is 40.8 Å².